The molecule has 7 nitrogen and oxygen atoms in total. The molecule has 0 unspecified atom stereocenters. The summed E-state index contributed by atoms with van der Waals surface area (Å²) >= 11 is 0. The van der Waals surface area contributed by atoms with Crippen molar-refractivity contribution in [1.82, 2.24) is 9.62 Å². The zero-order valence-corrected chi connectivity index (χ0v) is 12.8. The Morgan fingerprint density at radius 3 is 2.57 bits per heavy atom. The average Bonchev–Trinajstić information content (AvgIpc) is 3.10. The molecule has 2 aliphatic rings. The Kier molecular flexibility index (Phi) is 3.54. The first-order chi connectivity index (χ1) is 9.93. The Hall–Kier alpha value is -1.38. The van der Waals surface area contributed by atoms with Gasteiger partial charge in [-0.3, -0.25) is 0 Å². The van der Waals surface area contributed by atoms with Gasteiger partial charge in [0, 0.05) is 19.2 Å². The molecule has 1 N–H and O–H groups in total. The van der Waals surface area contributed by atoms with Crippen LogP contribution in [0.1, 0.15) is 16.1 Å². The molecule has 21 heavy (non-hydrogen) atoms. The standard InChI is InChI=1S/C13H18N2O5S/c1-8-11(13(16)19-2)3-12(20-8)21(17,18)15-6-9-4-14-5-10(9)7-15/h3,9-10,14H,4-7H2,1-2H3/t9-,10+. The molecule has 0 aromatic carbocycles. The molecule has 2 saturated heterocycles. The fraction of sp³-hybridized carbons (Fsp3) is 0.615. The minimum absolute atomic E-state index is 0.150. The van der Waals surface area contributed by atoms with Crippen molar-refractivity contribution in [2.24, 2.45) is 11.8 Å². The average molecular weight is 314 g/mol. The first kappa shape index (κ1) is 14.6. The normalized spacial score (nSPS) is 26.0. The number of nitrogens with one attached hydrogen (secondary N) is 1. The van der Waals surface area contributed by atoms with E-state index in [-0.39, 0.29) is 16.4 Å². The molecule has 2 atom stereocenters. The predicted molar refractivity (Wildman–Crippen MR) is 73.4 cm³/mol. The minimum atomic E-state index is -3.69. The molecule has 0 bridgehead atoms. The van der Waals surface area contributed by atoms with Crippen LogP contribution in [0.25, 0.3) is 0 Å². The molecule has 0 amide bonds. The number of methoxy groups -OCH3 is 1. The molecule has 3 heterocycles. The highest BCUT2D eigenvalue weighted by Crippen LogP contribution is 2.32. The first-order valence-electron chi connectivity index (χ1n) is 6.83. The second kappa shape index (κ2) is 5.11. The monoisotopic (exact) mass is 314 g/mol. The van der Waals surface area contributed by atoms with Crippen LogP contribution in [0, 0.1) is 18.8 Å². The zero-order valence-electron chi connectivity index (χ0n) is 12.0. The quantitative estimate of drug-likeness (QED) is 0.803. The second-order valence-corrected chi connectivity index (χ2v) is 7.40. The van der Waals surface area contributed by atoms with E-state index in [9.17, 15) is 13.2 Å². The molecule has 3 rings (SSSR count). The molecule has 0 saturated carbocycles. The van der Waals surface area contributed by atoms with E-state index in [2.05, 4.69) is 10.1 Å². The van der Waals surface area contributed by atoms with Crippen LogP contribution in [0.4, 0.5) is 0 Å². The van der Waals surface area contributed by atoms with Gasteiger partial charge in [0.25, 0.3) is 10.0 Å². The van der Waals surface area contributed by atoms with Crippen LogP contribution in [0.15, 0.2) is 15.6 Å². The number of carbonyl (C=O) groups is 1. The van der Waals surface area contributed by atoms with Gasteiger partial charge in [0.05, 0.1) is 7.11 Å². The molecular formula is C13H18N2O5S. The summed E-state index contributed by atoms with van der Waals surface area (Å²) in [6, 6.07) is 1.25. The number of nitrogens with zero attached hydrogens (tertiary/aromatic N) is 1. The van der Waals surface area contributed by atoms with Crippen molar-refractivity contribution < 1.29 is 22.4 Å². The fourth-order valence-electron chi connectivity index (χ4n) is 3.03. The maximum absolute atomic E-state index is 12.6. The number of aryl methyl sites for hydroxylation is 1. The number of ether oxygens (including phenoxy) is 1. The van der Waals surface area contributed by atoms with Gasteiger partial charge in [-0.25, -0.2) is 13.2 Å². The number of rotatable bonds is 3. The first-order valence-corrected chi connectivity index (χ1v) is 8.27. The summed E-state index contributed by atoms with van der Waals surface area (Å²) in [5, 5.41) is 3.08. The highest BCUT2D eigenvalue weighted by Gasteiger charge is 2.42. The number of furan rings is 1. The third kappa shape index (κ3) is 2.37. The molecule has 0 aliphatic carbocycles. The number of esters is 1. The highest BCUT2D eigenvalue weighted by molar-refractivity contribution is 7.89. The molecule has 0 spiro atoms. The summed E-state index contributed by atoms with van der Waals surface area (Å²) in [6.45, 7) is 4.23. The van der Waals surface area contributed by atoms with Gasteiger partial charge in [-0.1, -0.05) is 0 Å². The lowest BCUT2D eigenvalue weighted by molar-refractivity contribution is 0.0599. The zero-order chi connectivity index (χ0) is 15.2. The van der Waals surface area contributed by atoms with Crippen molar-refractivity contribution in [3.8, 4) is 0 Å². The minimum Gasteiger partial charge on any atom is -0.465 e. The van der Waals surface area contributed by atoms with Crippen LogP contribution >= 0.6 is 0 Å². The lowest BCUT2D eigenvalue weighted by Crippen LogP contribution is -2.31. The van der Waals surface area contributed by atoms with Crippen molar-refractivity contribution >= 4 is 16.0 Å². The molecular weight excluding hydrogens is 296 g/mol. The predicted octanol–water partition coefficient (Wildman–Crippen LogP) is 0.215. The summed E-state index contributed by atoms with van der Waals surface area (Å²) in [5.41, 5.74) is 0.150. The van der Waals surface area contributed by atoms with E-state index in [4.69, 9.17) is 4.42 Å². The number of sulfonamides is 1. The van der Waals surface area contributed by atoms with Gasteiger partial charge in [-0.2, -0.15) is 4.31 Å². The number of carbonyl (C=O) groups excluding carboxylic acids is 1. The number of fused-ring (bicyclic) bond motifs is 1. The number of hydrogen-bond acceptors (Lipinski definition) is 6. The highest BCUT2D eigenvalue weighted by atomic mass is 32.2. The Labute approximate surface area is 123 Å². The summed E-state index contributed by atoms with van der Waals surface area (Å²) in [4.78, 5) is 11.6. The summed E-state index contributed by atoms with van der Waals surface area (Å²) in [6.07, 6.45) is 0. The van der Waals surface area contributed by atoms with Gasteiger partial charge < -0.3 is 14.5 Å². The van der Waals surface area contributed by atoms with Crippen molar-refractivity contribution in [1.29, 1.82) is 0 Å². The van der Waals surface area contributed by atoms with Gasteiger partial charge in [0.15, 0.2) is 0 Å². The van der Waals surface area contributed by atoms with Crippen LogP contribution in [0.3, 0.4) is 0 Å². The van der Waals surface area contributed by atoms with Crippen LogP contribution < -0.4 is 5.32 Å². The number of hydrogen-bond donors (Lipinski definition) is 1. The summed E-state index contributed by atoms with van der Waals surface area (Å²) in [7, 11) is -2.45. The molecule has 116 valence electrons. The maximum atomic E-state index is 12.6. The Bertz CT molecular complexity index is 654. The molecule has 0 radical (unpaired) electrons. The third-order valence-corrected chi connectivity index (χ3v) is 5.94. The van der Waals surface area contributed by atoms with Crippen LogP contribution in [-0.4, -0.2) is 52.0 Å². The van der Waals surface area contributed by atoms with Gasteiger partial charge >= 0.3 is 5.97 Å². The molecule has 1 aromatic heterocycles. The molecule has 2 fully saturated rings. The topological polar surface area (TPSA) is 88.9 Å². The van der Waals surface area contributed by atoms with E-state index in [1.54, 1.807) is 6.92 Å². The fourth-order valence-corrected chi connectivity index (χ4v) is 4.56. The van der Waals surface area contributed by atoms with Crippen molar-refractivity contribution in [2.75, 3.05) is 33.3 Å². The summed E-state index contributed by atoms with van der Waals surface area (Å²) in [5.74, 6) is 0.369. The van der Waals surface area contributed by atoms with E-state index in [0.29, 0.717) is 24.9 Å². The van der Waals surface area contributed by atoms with Crippen LogP contribution in [-0.2, 0) is 14.8 Å². The van der Waals surface area contributed by atoms with Crippen molar-refractivity contribution in [2.45, 2.75) is 12.0 Å². The van der Waals surface area contributed by atoms with Crippen LogP contribution in [0.5, 0.6) is 0 Å². The van der Waals surface area contributed by atoms with E-state index < -0.39 is 16.0 Å². The Morgan fingerprint density at radius 2 is 2.00 bits per heavy atom. The lowest BCUT2D eigenvalue weighted by Gasteiger charge is -2.15. The van der Waals surface area contributed by atoms with E-state index >= 15 is 0 Å². The lowest BCUT2D eigenvalue weighted by atomic mass is 10.0. The maximum Gasteiger partial charge on any atom is 0.341 e. The SMILES string of the molecule is COC(=O)c1cc(S(=O)(=O)N2C[C@H]3CNC[C@H]3C2)oc1C. The van der Waals surface area contributed by atoms with Crippen molar-refractivity contribution in [3.63, 3.8) is 0 Å². The second-order valence-electron chi connectivity index (χ2n) is 5.53. The van der Waals surface area contributed by atoms with Gasteiger partial charge in [0.1, 0.15) is 11.3 Å². The van der Waals surface area contributed by atoms with Crippen molar-refractivity contribution in [3.05, 3.63) is 17.4 Å². The van der Waals surface area contributed by atoms with E-state index in [1.165, 1.54) is 17.5 Å². The third-order valence-electron chi connectivity index (χ3n) is 4.25. The largest absolute Gasteiger partial charge is 0.465 e. The van der Waals surface area contributed by atoms with Gasteiger partial charge in [-0.05, 0) is 31.8 Å². The molecule has 1 aromatic rings. The van der Waals surface area contributed by atoms with Gasteiger partial charge in [0.2, 0.25) is 5.09 Å². The molecule has 2 aliphatic heterocycles. The van der Waals surface area contributed by atoms with E-state index in [1.807, 2.05) is 0 Å². The van der Waals surface area contributed by atoms with E-state index in [0.717, 1.165) is 13.1 Å². The smallest absolute Gasteiger partial charge is 0.341 e. The summed E-state index contributed by atoms with van der Waals surface area (Å²) < 4.78 is 36.6. The molecule has 8 heteroatoms. The van der Waals surface area contributed by atoms with Crippen LogP contribution in [0.2, 0.25) is 0 Å². The Morgan fingerprint density at radius 1 is 1.38 bits per heavy atom. The van der Waals surface area contributed by atoms with Gasteiger partial charge in [-0.15, -0.1) is 0 Å². The Balaban J connectivity index is 1.87.